The van der Waals surface area contributed by atoms with Crippen molar-refractivity contribution in [3.63, 3.8) is 0 Å². The molecule has 0 aromatic carbocycles. The lowest BCUT2D eigenvalue weighted by molar-refractivity contribution is 0.0917. The van der Waals surface area contributed by atoms with Crippen molar-refractivity contribution in [3.8, 4) is 0 Å². The fourth-order valence-corrected chi connectivity index (χ4v) is 3.29. The van der Waals surface area contributed by atoms with Crippen molar-refractivity contribution < 1.29 is 4.74 Å². The molecule has 1 aliphatic heterocycles. The van der Waals surface area contributed by atoms with Crippen LogP contribution in [0.5, 0.6) is 0 Å². The van der Waals surface area contributed by atoms with Gasteiger partial charge in [-0.25, -0.2) is 0 Å². The van der Waals surface area contributed by atoms with Crippen molar-refractivity contribution in [3.05, 3.63) is 0 Å². The molecule has 0 aromatic heterocycles. The molecule has 0 radical (unpaired) electrons. The second kappa shape index (κ2) is 6.24. The van der Waals surface area contributed by atoms with Gasteiger partial charge < -0.3 is 10.1 Å². The summed E-state index contributed by atoms with van der Waals surface area (Å²) in [7, 11) is 1.81. The molecule has 1 aliphatic carbocycles. The largest absolute Gasteiger partial charge is 0.383 e. The Hall–Kier alpha value is 0.230. The van der Waals surface area contributed by atoms with Crippen LogP contribution in [0.3, 0.4) is 0 Å². The summed E-state index contributed by atoms with van der Waals surface area (Å²) in [6.07, 6.45) is 2.73. The average molecular weight is 244 g/mol. The van der Waals surface area contributed by atoms with E-state index in [4.69, 9.17) is 4.74 Å². The highest BCUT2D eigenvalue weighted by Gasteiger charge is 2.27. The van der Waals surface area contributed by atoms with E-state index in [1.54, 1.807) is 0 Å². The zero-order chi connectivity index (χ0) is 11.4. The number of hydrogen-bond donors (Lipinski definition) is 1. The summed E-state index contributed by atoms with van der Waals surface area (Å²) in [4.78, 5) is 2.60. The Labute approximate surface area is 103 Å². The van der Waals surface area contributed by atoms with Crippen LogP contribution in [0.25, 0.3) is 0 Å². The van der Waals surface area contributed by atoms with Gasteiger partial charge >= 0.3 is 0 Å². The summed E-state index contributed by atoms with van der Waals surface area (Å²) in [5.74, 6) is 1.27. The maximum atomic E-state index is 5.36. The quantitative estimate of drug-likeness (QED) is 0.758. The van der Waals surface area contributed by atoms with Gasteiger partial charge in [-0.2, -0.15) is 11.8 Å². The molecule has 16 heavy (non-hydrogen) atoms. The summed E-state index contributed by atoms with van der Waals surface area (Å²) in [6.45, 7) is 6.71. The van der Waals surface area contributed by atoms with Crippen molar-refractivity contribution in [1.29, 1.82) is 0 Å². The Bertz CT molecular complexity index is 211. The lowest BCUT2D eigenvalue weighted by Crippen LogP contribution is -2.50. The smallest absolute Gasteiger partial charge is 0.0630 e. The Balaban J connectivity index is 1.78. The highest BCUT2D eigenvalue weighted by Crippen LogP contribution is 2.21. The van der Waals surface area contributed by atoms with Gasteiger partial charge in [-0.1, -0.05) is 6.92 Å². The van der Waals surface area contributed by atoms with Gasteiger partial charge in [0.15, 0.2) is 0 Å². The standard InChI is InChI=1S/C12H24N2OS/c1-10-8-14(5-6-16-10)12(9-15-2)7-13-11-3-4-11/h10-13H,3-9H2,1-2H3. The molecular formula is C12H24N2OS. The van der Waals surface area contributed by atoms with Crippen molar-refractivity contribution in [2.24, 2.45) is 0 Å². The monoisotopic (exact) mass is 244 g/mol. The van der Waals surface area contributed by atoms with E-state index >= 15 is 0 Å². The number of nitrogens with one attached hydrogen (secondary N) is 1. The van der Waals surface area contributed by atoms with Gasteiger partial charge in [0.05, 0.1) is 6.61 Å². The van der Waals surface area contributed by atoms with Crippen LogP contribution in [0.2, 0.25) is 0 Å². The topological polar surface area (TPSA) is 24.5 Å². The normalized spacial score (nSPS) is 29.2. The third kappa shape index (κ3) is 3.91. The van der Waals surface area contributed by atoms with Gasteiger partial charge in [-0.3, -0.25) is 4.90 Å². The minimum Gasteiger partial charge on any atom is -0.383 e. The average Bonchev–Trinajstić information content (AvgIpc) is 3.08. The molecule has 3 nitrogen and oxygen atoms in total. The summed E-state index contributed by atoms with van der Waals surface area (Å²) >= 11 is 2.09. The van der Waals surface area contributed by atoms with Crippen molar-refractivity contribution in [1.82, 2.24) is 10.2 Å². The number of hydrogen-bond acceptors (Lipinski definition) is 4. The zero-order valence-corrected chi connectivity index (χ0v) is 11.3. The molecule has 1 saturated carbocycles. The predicted octanol–water partition coefficient (Wildman–Crippen LogP) is 1.19. The lowest BCUT2D eigenvalue weighted by Gasteiger charge is -2.36. The number of methoxy groups -OCH3 is 1. The maximum absolute atomic E-state index is 5.36. The van der Waals surface area contributed by atoms with E-state index in [1.165, 1.54) is 31.7 Å². The first-order chi connectivity index (χ1) is 7.79. The van der Waals surface area contributed by atoms with Gasteiger partial charge in [0, 0.05) is 49.8 Å². The fourth-order valence-electron chi connectivity index (χ4n) is 2.25. The van der Waals surface area contributed by atoms with Crippen LogP contribution >= 0.6 is 11.8 Å². The van der Waals surface area contributed by atoms with Gasteiger partial charge in [-0.05, 0) is 12.8 Å². The second-order valence-electron chi connectivity index (χ2n) is 4.97. The third-order valence-corrected chi connectivity index (χ3v) is 4.50. The molecule has 1 heterocycles. The highest BCUT2D eigenvalue weighted by atomic mass is 32.2. The van der Waals surface area contributed by atoms with E-state index < -0.39 is 0 Å². The molecule has 0 aromatic rings. The molecule has 2 fully saturated rings. The summed E-state index contributed by atoms with van der Waals surface area (Å²) < 4.78 is 5.36. The Kier molecular flexibility index (Phi) is 4.95. The van der Waals surface area contributed by atoms with Crippen LogP contribution in [-0.4, -0.2) is 61.3 Å². The van der Waals surface area contributed by atoms with E-state index in [2.05, 4.69) is 28.9 Å². The van der Waals surface area contributed by atoms with E-state index in [9.17, 15) is 0 Å². The molecule has 1 saturated heterocycles. The van der Waals surface area contributed by atoms with Crippen molar-refractivity contribution in [2.75, 3.05) is 39.1 Å². The summed E-state index contributed by atoms with van der Waals surface area (Å²) in [5, 5.41) is 4.40. The van der Waals surface area contributed by atoms with Gasteiger partial charge in [0.1, 0.15) is 0 Å². The van der Waals surface area contributed by atoms with Crippen LogP contribution in [0, 0.1) is 0 Å². The van der Waals surface area contributed by atoms with Crippen LogP contribution < -0.4 is 5.32 Å². The maximum Gasteiger partial charge on any atom is 0.0630 e. The lowest BCUT2D eigenvalue weighted by atomic mass is 10.2. The SMILES string of the molecule is COCC(CNC1CC1)N1CCSC(C)C1. The van der Waals surface area contributed by atoms with Crippen LogP contribution in [-0.2, 0) is 4.74 Å². The molecule has 1 N–H and O–H groups in total. The molecule has 0 bridgehead atoms. The minimum atomic E-state index is 0.564. The molecule has 0 spiro atoms. The van der Waals surface area contributed by atoms with E-state index in [0.29, 0.717) is 6.04 Å². The second-order valence-corrected chi connectivity index (χ2v) is 6.51. The summed E-state index contributed by atoms with van der Waals surface area (Å²) in [6, 6.07) is 1.37. The molecule has 94 valence electrons. The van der Waals surface area contributed by atoms with Crippen LogP contribution in [0.15, 0.2) is 0 Å². The fraction of sp³-hybridized carbons (Fsp3) is 1.00. The van der Waals surface area contributed by atoms with Crippen molar-refractivity contribution in [2.45, 2.75) is 37.1 Å². The molecule has 4 heteroatoms. The molecule has 2 rings (SSSR count). The third-order valence-electron chi connectivity index (χ3n) is 3.37. The number of thioether (sulfide) groups is 1. The van der Waals surface area contributed by atoms with E-state index in [0.717, 1.165) is 24.4 Å². The highest BCUT2D eigenvalue weighted by molar-refractivity contribution is 7.99. The van der Waals surface area contributed by atoms with E-state index in [-0.39, 0.29) is 0 Å². The van der Waals surface area contributed by atoms with Gasteiger partial charge in [0.2, 0.25) is 0 Å². The van der Waals surface area contributed by atoms with Crippen LogP contribution in [0.4, 0.5) is 0 Å². The summed E-state index contributed by atoms with van der Waals surface area (Å²) in [5.41, 5.74) is 0. The first kappa shape index (κ1) is 12.7. The predicted molar refractivity (Wildman–Crippen MR) is 70.2 cm³/mol. The number of ether oxygens (including phenoxy) is 1. The number of rotatable bonds is 6. The Morgan fingerprint density at radius 3 is 2.94 bits per heavy atom. The molecule has 0 amide bonds. The van der Waals surface area contributed by atoms with Crippen LogP contribution in [0.1, 0.15) is 19.8 Å². The molecule has 2 aliphatic rings. The first-order valence-electron chi connectivity index (χ1n) is 6.37. The minimum absolute atomic E-state index is 0.564. The molecule has 2 unspecified atom stereocenters. The van der Waals surface area contributed by atoms with Gasteiger partial charge in [0.25, 0.3) is 0 Å². The Morgan fingerprint density at radius 1 is 1.50 bits per heavy atom. The zero-order valence-electron chi connectivity index (χ0n) is 10.4. The molecular weight excluding hydrogens is 220 g/mol. The van der Waals surface area contributed by atoms with E-state index in [1.807, 2.05) is 7.11 Å². The van der Waals surface area contributed by atoms with Gasteiger partial charge in [-0.15, -0.1) is 0 Å². The van der Waals surface area contributed by atoms with Crippen molar-refractivity contribution >= 4 is 11.8 Å². The first-order valence-corrected chi connectivity index (χ1v) is 7.42. The molecule has 2 atom stereocenters. The number of nitrogens with zero attached hydrogens (tertiary/aromatic N) is 1. The Morgan fingerprint density at radius 2 is 2.31 bits per heavy atom.